The van der Waals surface area contributed by atoms with Crippen molar-refractivity contribution < 1.29 is 23.7 Å². The van der Waals surface area contributed by atoms with Crippen LogP contribution in [0.4, 0.5) is 0 Å². The van der Waals surface area contributed by atoms with Crippen LogP contribution in [0.2, 0.25) is 5.02 Å². The number of fused-ring (bicyclic) bond motifs is 1. The van der Waals surface area contributed by atoms with E-state index in [4.69, 9.17) is 30.5 Å². The van der Waals surface area contributed by atoms with E-state index in [0.717, 1.165) is 16.9 Å². The molecule has 1 atom stereocenters. The number of rotatable bonds is 9. The van der Waals surface area contributed by atoms with Gasteiger partial charge in [-0.05, 0) is 77.6 Å². The average Bonchev–Trinajstić information content (AvgIpc) is 2.90. The summed E-state index contributed by atoms with van der Waals surface area (Å²) in [5.41, 5.74) is 3.34. The smallest absolute Gasteiger partial charge is 0.261 e. The summed E-state index contributed by atoms with van der Waals surface area (Å²) in [5.74, 6) is 2.97. The fourth-order valence-corrected chi connectivity index (χ4v) is 4.52. The molecule has 0 bridgehead atoms. The van der Waals surface area contributed by atoms with Crippen molar-refractivity contribution in [1.29, 1.82) is 0 Å². The van der Waals surface area contributed by atoms with Crippen LogP contribution in [0.5, 0.6) is 23.0 Å². The lowest BCUT2D eigenvalue weighted by atomic mass is 9.92. The molecule has 1 aliphatic rings. The molecule has 0 radical (unpaired) electrons. The zero-order valence-electron chi connectivity index (χ0n) is 21.1. The molecule has 1 unspecified atom stereocenters. The molecule has 6 nitrogen and oxygen atoms in total. The summed E-state index contributed by atoms with van der Waals surface area (Å²) in [5, 5.41) is 0.615. The molecule has 0 aliphatic carbocycles. The summed E-state index contributed by atoms with van der Waals surface area (Å²) in [7, 11) is 3.23. The summed E-state index contributed by atoms with van der Waals surface area (Å²) in [4.78, 5) is 15.2. The van der Waals surface area contributed by atoms with Crippen LogP contribution in [0.15, 0.2) is 60.7 Å². The first kappa shape index (κ1) is 25.7. The van der Waals surface area contributed by atoms with Gasteiger partial charge in [0.1, 0.15) is 18.1 Å². The van der Waals surface area contributed by atoms with Crippen molar-refractivity contribution >= 4 is 17.5 Å². The lowest BCUT2D eigenvalue weighted by molar-refractivity contribution is -0.137. The van der Waals surface area contributed by atoms with E-state index in [1.807, 2.05) is 29.2 Å². The second-order valence-electron chi connectivity index (χ2n) is 9.04. The van der Waals surface area contributed by atoms with Gasteiger partial charge in [-0.3, -0.25) is 4.79 Å². The zero-order valence-corrected chi connectivity index (χ0v) is 21.9. The molecule has 1 heterocycles. The Balaban J connectivity index is 1.57. The second kappa shape index (κ2) is 11.6. The SMILES string of the molecule is COc1cc2c(cc1OC)C(COc1ccc(C(C)C)cc1)N(C(=O)COc1ccc(Cl)cc1)CC2. The number of halogens is 1. The lowest BCUT2D eigenvalue weighted by Gasteiger charge is -2.37. The first-order valence-corrected chi connectivity index (χ1v) is 12.4. The number of hydrogen-bond acceptors (Lipinski definition) is 5. The van der Waals surface area contributed by atoms with Gasteiger partial charge in [0.05, 0.1) is 20.3 Å². The molecule has 0 spiro atoms. The summed E-state index contributed by atoms with van der Waals surface area (Å²) in [6, 6.07) is 18.7. The molecule has 3 aromatic carbocycles. The predicted octanol–water partition coefficient (Wildman–Crippen LogP) is 6.06. The monoisotopic (exact) mass is 509 g/mol. The number of amides is 1. The Morgan fingerprint density at radius 2 is 1.56 bits per heavy atom. The molecule has 0 N–H and O–H groups in total. The van der Waals surface area contributed by atoms with Gasteiger partial charge in [-0.1, -0.05) is 37.6 Å². The fourth-order valence-electron chi connectivity index (χ4n) is 4.39. The maximum Gasteiger partial charge on any atom is 0.261 e. The van der Waals surface area contributed by atoms with Crippen LogP contribution in [0.1, 0.15) is 42.5 Å². The molecule has 1 amide bonds. The molecule has 36 heavy (non-hydrogen) atoms. The van der Waals surface area contributed by atoms with Crippen molar-refractivity contribution in [3.8, 4) is 23.0 Å². The molecular weight excluding hydrogens is 478 g/mol. The second-order valence-corrected chi connectivity index (χ2v) is 9.47. The molecule has 3 aromatic rings. The van der Waals surface area contributed by atoms with Gasteiger partial charge >= 0.3 is 0 Å². The Morgan fingerprint density at radius 1 is 0.944 bits per heavy atom. The number of ether oxygens (including phenoxy) is 4. The molecule has 0 saturated heterocycles. The van der Waals surface area contributed by atoms with E-state index < -0.39 is 0 Å². The lowest BCUT2D eigenvalue weighted by Crippen LogP contribution is -2.44. The Bertz CT molecular complexity index is 1180. The highest BCUT2D eigenvalue weighted by Crippen LogP contribution is 2.38. The van der Waals surface area contributed by atoms with Crippen LogP contribution in [-0.2, 0) is 11.2 Å². The van der Waals surface area contributed by atoms with Crippen molar-refractivity contribution in [2.24, 2.45) is 0 Å². The first-order chi connectivity index (χ1) is 17.4. The Kier molecular flexibility index (Phi) is 8.26. The maximum atomic E-state index is 13.3. The highest BCUT2D eigenvalue weighted by Gasteiger charge is 2.33. The average molecular weight is 510 g/mol. The van der Waals surface area contributed by atoms with Crippen LogP contribution in [-0.4, -0.2) is 44.8 Å². The summed E-state index contributed by atoms with van der Waals surface area (Å²) < 4.78 is 23.0. The van der Waals surface area contributed by atoms with E-state index in [-0.39, 0.29) is 18.6 Å². The molecule has 7 heteroatoms. The van der Waals surface area contributed by atoms with Crippen molar-refractivity contribution in [3.05, 3.63) is 82.4 Å². The number of carbonyl (C=O) groups is 1. The maximum absolute atomic E-state index is 13.3. The fraction of sp³-hybridized carbons (Fsp3) is 0.345. The zero-order chi connectivity index (χ0) is 25.7. The molecule has 0 fully saturated rings. The van der Waals surface area contributed by atoms with Crippen LogP contribution in [0.25, 0.3) is 0 Å². The van der Waals surface area contributed by atoms with Crippen molar-refractivity contribution in [3.63, 3.8) is 0 Å². The van der Waals surface area contributed by atoms with Gasteiger partial charge in [-0.25, -0.2) is 0 Å². The normalized spacial score (nSPS) is 14.8. The third-order valence-corrected chi connectivity index (χ3v) is 6.71. The first-order valence-electron chi connectivity index (χ1n) is 12.0. The minimum absolute atomic E-state index is 0.0795. The summed E-state index contributed by atoms with van der Waals surface area (Å²) in [6.45, 7) is 5.09. The number of hydrogen-bond donors (Lipinski definition) is 0. The van der Waals surface area contributed by atoms with E-state index in [9.17, 15) is 4.79 Å². The number of benzene rings is 3. The minimum atomic E-state index is -0.306. The quantitative estimate of drug-likeness (QED) is 0.350. The largest absolute Gasteiger partial charge is 0.493 e. The molecule has 1 aliphatic heterocycles. The Morgan fingerprint density at radius 3 is 2.19 bits per heavy atom. The van der Waals surface area contributed by atoms with E-state index in [1.165, 1.54) is 5.56 Å². The minimum Gasteiger partial charge on any atom is -0.493 e. The van der Waals surface area contributed by atoms with E-state index in [1.54, 1.807) is 38.5 Å². The van der Waals surface area contributed by atoms with Gasteiger partial charge in [0.2, 0.25) is 0 Å². The van der Waals surface area contributed by atoms with Gasteiger partial charge < -0.3 is 23.8 Å². The number of carbonyl (C=O) groups excluding carboxylic acids is 1. The third-order valence-electron chi connectivity index (χ3n) is 6.45. The Labute approximate surface area is 217 Å². The summed E-state index contributed by atoms with van der Waals surface area (Å²) >= 11 is 5.95. The molecule has 0 saturated carbocycles. The van der Waals surface area contributed by atoms with E-state index in [0.29, 0.717) is 47.8 Å². The Hall–Kier alpha value is -3.38. The van der Waals surface area contributed by atoms with Gasteiger partial charge in [0, 0.05) is 11.6 Å². The van der Waals surface area contributed by atoms with Gasteiger partial charge in [0.25, 0.3) is 5.91 Å². The topological polar surface area (TPSA) is 57.2 Å². The van der Waals surface area contributed by atoms with Crippen LogP contribution >= 0.6 is 11.6 Å². The standard InChI is InChI=1S/C29H32ClNO5/c1-19(2)20-5-9-23(10-6-20)35-17-26-25-16-28(34-4)27(33-3)15-21(25)13-14-31(26)29(32)18-36-24-11-7-22(30)8-12-24/h5-12,15-16,19,26H,13-14,17-18H2,1-4H3. The molecule has 190 valence electrons. The predicted molar refractivity (Wildman–Crippen MR) is 141 cm³/mol. The van der Waals surface area contributed by atoms with E-state index >= 15 is 0 Å². The van der Waals surface area contributed by atoms with Crippen molar-refractivity contribution in [2.75, 3.05) is 34.0 Å². The van der Waals surface area contributed by atoms with Gasteiger partial charge in [-0.2, -0.15) is 0 Å². The van der Waals surface area contributed by atoms with Crippen LogP contribution in [0.3, 0.4) is 0 Å². The number of nitrogens with zero attached hydrogens (tertiary/aromatic N) is 1. The molecule has 0 aromatic heterocycles. The number of methoxy groups -OCH3 is 2. The highest BCUT2D eigenvalue weighted by molar-refractivity contribution is 6.30. The molecular formula is C29H32ClNO5. The van der Waals surface area contributed by atoms with E-state index in [2.05, 4.69) is 26.0 Å². The van der Waals surface area contributed by atoms with Gasteiger partial charge in [0.15, 0.2) is 18.1 Å². The van der Waals surface area contributed by atoms with Crippen molar-refractivity contribution in [2.45, 2.75) is 32.2 Å². The van der Waals surface area contributed by atoms with Gasteiger partial charge in [-0.15, -0.1) is 0 Å². The van der Waals surface area contributed by atoms with Crippen LogP contribution in [0, 0.1) is 0 Å². The highest BCUT2D eigenvalue weighted by atomic mass is 35.5. The molecule has 4 rings (SSSR count). The van der Waals surface area contributed by atoms with Crippen molar-refractivity contribution in [1.82, 2.24) is 4.90 Å². The van der Waals surface area contributed by atoms with Crippen LogP contribution < -0.4 is 18.9 Å². The third kappa shape index (κ3) is 5.88. The summed E-state index contributed by atoms with van der Waals surface area (Å²) in [6.07, 6.45) is 0.696.